The first-order valence-electron chi connectivity index (χ1n) is 6.71. The van der Waals surface area contributed by atoms with E-state index in [1.807, 2.05) is 29.6 Å². The van der Waals surface area contributed by atoms with Crippen molar-refractivity contribution in [2.75, 3.05) is 5.32 Å². The van der Waals surface area contributed by atoms with Gasteiger partial charge in [-0.15, -0.1) is 11.3 Å². The molecule has 7 heteroatoms. The predicted molar refractivity (Wildman–Crippen MR) is 87.1 cm³/mol. The Bertz CT molecular complexity index is 1020. The molecular formula is C15H11N5OS. The van der Waals surface area contributed by atoms with Crippen molar-refractivity contribution >= 4 is 38.3 Å². The summed E-state index contributed by atoms with van der Waals surface area (Å²) in [6, 6.07) is 9.25. The fourth-order valence-corrected chi connectivity index (χ4v) is 3.05. The minimum absolute atomic E-state index is 0.134. The molecule has 0 saturated carbocycles. The second-order valence-electron chi connectivity index (χ2n) is 4.75. The van der Waals surface area contributed by atoms with E-state index in [1.165, 1.54) is 6.33 Å². The SMILES string of the molecule is O=c1[nH]c(CNc2ncnc3sccc23)nc2ccccc12. The first-order chi connectivity index (χ1) is 10.8. The van der Waals surface area contributed by atoms with Crippen molar-refractivity contribution < 1.29 is 0 Å². The van der Waals surface area contributed by atoms with Crippen molar-refractivity contribution in [3.05, 3.63) is 58.2 Å². The van der Waals surface area contributed by atoms with E-state index >= 15 is 0 Å². The Labute approximate surface area is 128 Å². The summed E-state index contributed by atoms with van der Waals surface area (Å²) in [7, 11) is 0. The van der Waals surface area contributed by atoms with Gasteiger partial charge >= 0.3 is 0 Å². The lowest BCUT2D eigenvalue weighted by atomic mass is 10.2. The van der Waals surface area contributed by atoms with Gasteiger partial charge in [-0.25, -0.2) is 15.0 Å². The molecule has 108 valence electrons. The molecule has 0 fully saturated rings. The maximum absolute atomic E-state index is 12.0. The van der Waals surface area contributed by atoms with Crippen LogP contribution in [0.5, 0.6) is 0 Å². The Morgan fingerprint density at radius 2 is 2.05 bits per heavy atom. The van der Waals surface area contributed by atoms with E-state index in [0.717, 1.165) is 16.0 Å². The van der Waals surface area contributed by atoms with E-state index in [1.54, 1.807) is 17.4 Å². The van der Waals surface area contributed by atoms with E-state index in [0.29, 0.717) is 23.3 Å². The van der Waals surface area contributed by atoms with Crippen molar-refractivity contribution in [2.24, 2.45) is 0 Å². The first-order valence-corrected chi connectivity index (χ1v) is 7.59. The molecule has 0 spiro atoms. The number of hydrogen-bond donors (Lipinski definition) is 2. The van der Waals surface area contributed by atoms with Crippen molar-refractivity contribution in [3.63, 3.8) is 0 Å². The second-order valence-corrected chi connectivity index (χ2v) is 5.64. The van der Waals surface area contributed by atoms with E-state index in [9.17, 15) is 4.79 Å². The summed E-state index contributed by atoms with van der Waals surface area (Å²) in [5.41, 5.74) is 0.553. The number of aromatic amines is 1. The molecule has 3 heterocycles. The van der Waals surface area contributed by atoms with Gasteiger partial charge in [-0.05, 0) is 23.6 Å². The van der Waals surface area contributed by atoms with Crippen molar-refractivity contribution in [2.45, 2.75) is 6.54 Å². The highest BCUT2D eigenvalue weighted by molar-refractivity contribution is 7.16. The summed E-state index contributed by atoms with van der Waals surface area (Å²) in [4.78, 5) is 28.7. The molecule has 4 aromatic rings. The van der Waals surface area contributed by atoms with Crippen LogP contribution in [-0.4, -0.2) is 19.9 Å². The monoisotopic (exact) mass is 309 g/mol. The molecule has 0 unspecified atom stereocenters. The third-order valence-electron chi connectivity index (χ3n) is 3.35. The van der Waals surface area contributed by atoms with Crippen LogP contribution in [0.1, 0.15) is 5.82 Å². The summed E-state index contributed by atoms with van der Waals surface area (Å²) < 4.78 is 0. The summed E-state index contributed by atoms with van der Waals surface area (Å²) >= 11 is 1.56. The van der Waals surface area contributed by atoms with Crippen LogP contribution in [-0.2, 0) is 6.54 Å². The minimum atomic E-state index is -0.134. The summed E-state index contributed by atoms with van der Waals surface area (Å²) in [6.45, 7) is 0.391. The number of hydrogen-bond acceptors (Lipinski definition) is 6. The molecule has 0 aliphatic carbocycles. The third kappa shape index (κ3) is 2.21. The molecule has 0 aliphatic heterocycles. The average molecular weight is 309 g/mol. The van der Waals surface area contributed by atoms with Gasteiger partial charge in [0.1, 0.15) is 22.8 Å². The number of benzene rings is 1. The van der Waals surface area contributed by atoms with Crippen LogP contribution in [0.3, 0.4) is 0 Å². The highest BCUT2D eigenvalue weighted by Crippen LogP contribution is 2.23. The second kappa shape index (κ2) is 5.19. The van der Waals surface area contributed by atoms with Gasteiger partial charge in [-0.2, -0.15) is 0 Å². The Kier molecular flexibility index (Phi) is 3.05. The summed E-state index contributed by atoms with van der Waals surface area (Å²) in [5.74, 6) is 1.31. The van der Waals surface area contributed by atoms with E-state index in [2.05, 4.69) is 25.3 Å². The lowest BCUT2D eigenvalue weighted by Gasteiger charge is -2.06. The molecule has 0 saturated heterocycles. The Balaban J connectivity index is 1.67. The Morgan fingerprint density at radius 1 is 1.14 bits per heavy atom. The van der Waals surface area contributed by atoms with E-state index in [4.69, 9.17) is 0 Å². The standard InChI is InChI=1S/C15H11N5OS/c21-14-9-3-1-2-4-11(9)19-12(20-14)7-16-13-10-5-6-22-15(10)18-8-17-13/h1-6,8H,7H2,(H,16,17,18)(H,19,20,21). The molecular weight excluding hydrogens is 298 g/mol. The summed E-state index contributed by atoms with van der Waals surface area (Å²) in [6.07, 6.45) is 1.53. The normalized spacial score (nSPS) is 11.1. The van der Waals surface area contributed by atoms with Crippen LogP contribution < -0.4 is 10.9 Å². The predicted octanol–water partition coefficient (Wildman–Crippen LogP) is 2.54. The molecule has 3 aromatic heterocycles. The number of H-pyrrole nitrogens is 1. The topological polar surface area (TPSA) is 83.6 Å². The van der Waals surface area contributed by atoms with Crippen LogP contribution in [0.2, 0.25) is 0 Å². The van der Waals surface area contributed by atoms with Crippen molar-refractivity contribution in [1.82, 2.24) is 19.9 Å². The fourth-order valence-electron chi connectivity index (χ4n) is 2.32. The molecule has 1 aromatic carbocycles. The van der Waals surface area contributed by atoms with Crippen LogP contribution in [0.25, 0.3) is 21.1 Å². The quantitative estimate of drug-likeness (QED) is 0.607. The van der Waals surface area contributed by atoms with Crippen LogP contribution in [0.15, 0.2) is 46.8 Å². The van der Waals surface area contributed by atoms with Gasteiger partial charge in [0.15, 0.2) is 0 Å². The van der Waals surface area contributed by atoms with Gasteiger partial charge in [-0.3, -0.25) is 4.79 Å². The lowest BCUT2D eigenvalue weighted by Crippen LogP contribution is -2.14. The minimum Gasteiger partial charge on any atom is -0.362 e. The Morgan fingerprint density at radius 3 is 3.00 bits per heavy atom. The number of rotatable bonds is 3. The first kappa shape index (κ1) is 12.9. The number of nitrogens with one attached hydrogen (secondary N) is 2. The molecule has 6 nitrogen and oxygen atoms in total. The zero-order valence-corrected chi connectivity index (χ0v) is 12.2. The Hall–Kier alpha value is -2.80. The van der Waals surface area contributed by atoms with Crippen LogP contribution in [0.4, 0.5) is 5.82 Å². The van der Waals surface area contributed by atoms with Crippen molar-refractivity contribution in [1.29, 1.82) is 0 Å². The molecule has 2 N–H and O–H groups in total. The average Bonchev–Trinajstić information content (AvgIpc) is 3.02. The van der Waals surface area contributed by atoms with Crippen molar-refractivity contribution in [3.8, 4) is 0 Å². The number of nitrogens with zero attached hydrogens (tertiary/aromatic N) is 3. The van der Waals surface area contributed by atoms with E-state index < -0.39 is 0 Å². The van der Waals surface area contributed by atoms with Gasteiger partial charge in [0.2, 0.25) is 0 Å². The highest BCUT2D eigenvalue weighted by atomic mass is 32.1. The number of para-hydroxylation sites is 1. The van der Waals surface area contributed by atoms with Gasteiger partial charge in [0.05, 0.1) is 22.8 Å². The smallest absolute Gasteiger partial charge is 0.258 e. The molecule has 0 radical (unpaired) electrons. The van der Waals surface area contributed by atoms with Gasteiger partial charge in [0.25, 0.3) is 5.56 Å². The largest absolute Gasteiger partial charge is 0.362 e. The number of anilines is 1. The number of aromatic nitrogens is 4. The molecule has 22 heavy (non-hydrogen) atoms. The maximum atomic E-state index is 12.0. The van der Waals surface area contributed by atoms with Crippen LogP contribution >= 0.6 is 11.3 Å². The molecule has 4 rings (SSSR count). The van der Waals surface area contributed by atoms with Crippen LogP contribution in [0, 0.1) is 0 Å². The van der Waals surface area contributed by atoms with Gasteiger partial charge in [0, 0.05) is 0 Å². The lowest BCUT2D eigenvalue weighted by molar-refractivity contribution is 0.946. The number of fused-ring (bicyclic) bond motifs is 2. The van der Waals surface area contributed by atoms with Gasteiger partial charge < -0.3 is 10.3 Å². The highest BCUT2D eigenvalue weighted by Gasteiger charge is 2.06. The molecule has 0 bridgehead atoms. The fraction of sp³-hybridized carbons (Fsp3) is 0.0667. The molecule has 0 aliphatic rings. The molecule has 0 amide bonds. The zero-order chi connectivity index (χ0) is 14.9. The van der Waals surface area contributed by atoms with Gasteiger partial charge in [-0.1, -0.05) is 12.1 Å². The zero-order valence-electron chi connectivity index (χ0n) is 11.4. The maximum Gasteiger partial charge on any atom is 0.258 e. The van der Waals surface area contributed by atoms with E-state index in [-0.39, 0.29) is 5.56 Å². The molecule has 0 atom stereocenters. The summed E-state index contributed by atoms with van der Waals surface area (Å²) in [5, 5.41) is 6.74. The third-order valence-corrected chi connectivity index (χ3v) is 4.17. The number of thiophene rings is 1.